The Bertz CT molecular complexity index is 686. The van der Waals surface area contributed by atoms with E-state index in [-0.39, 0.29) is 0 Å². The zero-order valence-corrected chi connectivity index (χ0v) is 11.0. The highest BCUT2D eigenvalue weighted by atomic mass is 31.0. The molecule has 3 rings (SSSR count). The first kappa shape index (κ1) is 11.3. The zero-order valence-electron chi connectivity index (χ0n) is 10.1. The molecule has 0 saturated heterocycles. The third-order valence-corrected chi connectivity index (χ3v) is 4.07. The summed E-state index contributed by atoms with van der Waals surface area (Å²) in [7, 11) is 2.94. The Balaban J connectivity index is 2.24. The third-order valence-electron chi connectivity index (χ3n) is 3.02. The van der Waals surface area contributed by atoms with Gasteiger partial charge in [0.2, 0.25) is 0 Å². The van der Waals surface area contributed by atoms with Crippen LogP contribution in [0.25, 0.3) is 21.6 Å². The number of hydrogen-bond acceptors (Lipinski definition) is 1. The van der Waals surface area contributed by atoms with E-state index in [1.54, 1.807) is 7.11 Å². The van der Waals surface area contributed by atoms with Crippen molar-refractivity contribution in [2.45, 2.75) is 0 Å². The lowest BCUT2D eigenvalue weighted by Gasteiger charge is -2.07. The van der Waals surface area contributed by atoms with Crippen molar-refractivity contribution in [3.05, 3.63) is 60.4 Å². The van der Waals surface area contributed by atoms with E-state index in [4.69, 9.17) is 4.74 Å². The summed E-state index contributed by atoms with van der Waals surface area (Å²) in [6.45, 7) is 0. The standard InChI is InChI=1S/C16H13OP/c1-17-14-7-4-6-13(11-14)16-15-8-3-2-5-12(15)9-10-18-16/h2-11H,1H3. The van der Waals surface area contributed by atoms with Crippen molar-refractivity contribution in [2.75, 3.05) is 7.11 Å². The fourth-order valence-corrected chi connectivity index (χ4v) is 3.14. The van der Waals surface area contributed by atoms with Gasteiger partial charge in [-0.2, -0.15) is 0 Å². The van der Waals surface area contributed by atoms with Gasteiger partial charge in [0, 0.05) is 5.30 Å². The molecule has 18 heavy (non-hydrogen) atoms. The van der Waals surface area contributed by atoms with Crippen LogP contribution in [-0.4, -0.2) is 7.11 Å². The van der Waals surface area contributed by atoms with Crippen LogP contribution in [0, 0.1) is 0 Å². The lowest BCUT2D eigenvalue weighted by molar-refractivity contribution is 0.415. The Morgan fingerprint density at radius 3 is 2.72 bits per heavy atom. The lowest BCUT2D eigenvalue weighted by Crippen LogP contribution is -1.83. The van der Waals surface area contributed by atoms with Crippen LogP contribution in [0.15, 0.2) is 60.4 Å². The molecule has 0 bridgehead atoms. The van der Waals surface area contributed by atoms with Crippen molar-refractivity contribution in [3.8, 4) is 16.6 Å². The maximum Gasteiger partial charge on any atom is 0.119 e. The number of ether oxygens (including phenoxy) is 1. The van der Waals surface area contributed by atoms with Gasteiger partial charge < -0.3 is 4.74 Å². The highest BCUT2D eigenvalue weighted by Gasteiger charge is 2.04. The second-order valence-corrected chi connectivity index (χ2v) is 5.12. The van der Waals surface area contributed by atoms with Gasteiger partial charge in [-0.25, -0.2) is 0 Å². The van der Waals surface area contributed by atoms with Crippen LogP contribution in [0.2, 0.25) is 0 Å². The maximum atomic E-state index is 5.30. The first-order chi connectivity index (χ1) is 8.88. The van der Waals surface area contributed by atoms with E-state index >= 15 is 0 Å². The van der Waals surface area contributed by atoms with Gasteiger partial charge >= 0.3 is 0 Å². The lowest BCUT2D eigenvalue weighted by atomic mass is 10.1. The van der Waals surface area contributed by atoms with E-state index in [0.717, 1.165) is 5.75 Å². The van der Waals surface area contributed by atoms with Crippen molar-refractivity contribution in [2.24, 2.45) is 0 Å². The van der Waals surface area contributed by atoms with E-state index in [1.807, 2.05) is 12.1 Å². The minimum absolute atomic E-state index is 0.905. The van der Waals surface area contributed by atoms with Gasteiger partial charge in [-0.05, 0) is 40.3 Å². The van der Waals surface area contributed by atoms with Gasteiger partial charge in [-0.1, -0.05) is 44.6 Å². The maximum absolute atomic E-state index is 5.30. The molecule has 0 fully saturated rings. The van der Waals surface area contributed by atoms with Gasteiger partial charge in [-0.3, -0.25) is 0 Å². The van der Waals surface area contributed by atoms with Crippen LogP contribution < -0.4 is 4.74 Å². The molecule has 0 spiro atoms. The van der Waals surface area contributed by atoms with E-state index in [9.17, 15) is 0 Å². The molecule has 1 heterocycles. The highest BCUT2D eigenvalue weighted by Crippen LogP contribution is 2.36. The molecule has 3 aromatic rings. The molecule has 0 aliphatic rings. The summed E-state index contributed by atoms with van der Waals surface area (Å²) in [6.07, 6.45) is 0. The predicted molar refractivity (Wildman–Crippen MR) is 78.4 cm³/mol. The monoisotopic (exact) mass is 252 g/mol. The number of fused-ring (bicyclic) bond motifs is 1. The Kier molecular flexibility index (Phi) is 3.00. The van der Waals surface area contributed by atoms with Gasteiger partial charge in [0.1, 0.15) is 5.75 Å². The summed E-state index contributed by atoms with van der Waals surface area (Å²) in [5, 5.41) is 3.94. The summed E-state index contributed by atoms with van der Waals surface area (Å²) in [6, 6.07) is 18.9. The molecule has 88 valence electrons. The summed E-state index contributed by atoms with van der Waals surface area (Å²) in [5.41, 5.74) is 1.23. The zero-order chi connectivity index (χ0) is 12.4. The molecule has 2 aromatic carbocycles. The molecule has 0 amide bonds. The number of hydrogen-bond donors (Lipinski definition) is 0. The molecule has 0 N–H and O–H groups in total. The van der Waals surface area contributed by atoms with Crippen molar-refractivity contribution in [3.63, 3.8) is 0 Å². The summed E-state index contributed by atoms with van der Waals surface area (Å²) >= 11 is 0. The van der Waals surface area contributed by atoms with E-state index in [2.05, 4.69) is 48.3 Å². The summed E-state index contributed by atoms with van der Waals surface area (Å²) in [4.78, 5) is 0. The van der Waals surface area contributed by atoms with Gasteiger partial charge in [0.25, 0.3) is 0 Å². The molecule has 0 atom stereocenters. The molecule has 0 aliphatic heterocycles. The molecular weight excluding hydrogens is 239 g/mol. The minimum atomic E-state index is 0.905. The van der Waals surface area contributed by atoms with Crippen LogP contribution in [0.1, 0.15) is 0 Å². The summed E-state index contributed by atoms with van der Waals surface area (Å²) < 4.78 is 5.30. The Labute approximate surface area is 108 Å². The van der Waals surface area contributed by atoms with Crippen molar-refractivity contribution >= 4 is 19.0 Å². The fraction of sp³-hybridized carbons (Fsp3) is 0.0625. The average molecular weight is 252 g/mol. The van der Waals surface area contributed by atoms with Crippen LogP contribution in [0.4, 0.5) is 0 Å². The first-order valence-electron chi connectivity index (χ1n) is 5.86. The van der Waals surface area contributed by atoms with Crippen molar-refractivity contribution < 1.29 is 4.74 Å². The average Bonchev–Trinajstić information content (AvgIpc) is 2.47. The van der Waals surface area contributed by atoms with Crippen molar-refractivity contribution in [1.29, 1.82) is 0 Å². The fourth-order valence-electron chi connectivity index (χ4n) is 2.12. The molecular formula is C16H13OP. The van der Waals surface area contributed by atoms with E-state index in [1.165, 1.54) is 29.8 Å². The molecule has 0 aliphatic carbocycles. The summed E-state index contributed by atoms with van der Waals surface area (Å²) in [5.74, 6) is 3.10. The number of rotatable bonds is 2. The van der Waals surface area contributed by atoms with Crippen LogP contribution in [0.3, 0.4) is 0 Å². The Morgan fingerprint density at radius 1 is 0.944 bits per heavy atom. The molecule has 1 nitrogen and oxygen atoms in total. The Morgan fingerprint density at radius 2 is 1.83 bits per heavy atom. The molecule has 0 radical (unpaired) electrons. The van der Waals surface area contributed by atoms with Gasteiger partial charge in [0.15, 0.2) is 0 Å². The van der Waals surface area contributed by atoms with Gasteiger partial charge in [-0.15, -0.1) is 0 Å². The highest BCUT2D eigenvalue weighted by molar-refractivity contribution is 7.33. The van der Waals surface area contributed by atoms with Gasteiger partial charge in [0.05, 0.1) is 7.11 Å². The van der Waals surface area contributed by atoms with E-state index < -0.39 is 0 Å². The number of benzene rings is 2. The third kappa shape index (κ3) is 1.98. The van der Waals surface area contributed by atoms with Crippen LogP contribution in [-0.2, 0) is 0 Å². The largest absolute Gasteiger partial charge is 0.497 e. The minimum Gasteiger partial charge on any atom is -0.497 e. The smallest absolute Gasteiger partial charge is 0.119 e. The molecule has 2 heteroatoms. The topological polar surface area (TPSA) is 9.23 Å². The van der Waals surface area contributed by atoms with Crippen LogP contribution in [0.5, 0.6) is 5.75 Å². The SMILES string of the molecule is COc1cccc(-c2pccc3ccccc23)c1. The Hall–Kier alpha value is -1.85. The second kappa shape index (κ2) is 4.80. The second-order valence-electron chi connectivity index (χ2n) is 4.11. The van der Waals surface area contributed by atoms with Crippen molar-refractivity contribution in [1.82, 2.24) is 0 Å². The normalized spacial score (nSPS) is 10.9. The molecule has 1 aromatic heterocycles. The molecule has 0 saturated carbocycles. The quantitative estimate of drug-likeness (QED) is 0.616. The molecule has 0 unspecified atom stereocenters. The van der Waals surface area contributed by atoms with Crippen LogP contribution >= 0.6 is 8.19 Å². The number of methoxy groups -OCH3 is 1. The van der Waals surface area contributed by atoms with E-state index in [0.29, 0.717) is 0 Å². The predicted octanol–water partition coefficient (Wildman–Crippen LogP) is 5.10. The first-order valence-corrected chi connectivity index (χ1v) is 6.83.